The molecule has 9 heavy (non-hydrogen) atoms. The molecule has 3 heteroatoms. The average molecular weight is 132 g/mol. The summed E-state index contributed by atoms with van der Waals surface area (Å²) >= 11 is 0. The first kappa shape index (κ1) is 8.59. The van der Waals surface area contributed by atoms with Gasteiger partial charge in [-0.15, -0.1) is 0 Å². The first-order chi connectivity index (χ1) is 3.79. The molecule has 0 saturated heterocycles. The van der Waals surface area contributed by atoms with E-state index in [9.17, 15) is 9.59 Å². The normalized spacial score (nSPS) is 15.6. The van der Waals surface area contributed by atoms with Crippen molar-refractivity contribution in [1.29, 1.82) is 0 Å². The molecule has 0 N–H and O–H groups in total. The third kappa shape index (κ3) is 2.58. The van der Waals surface area contributed by atoms with Gasteiger partial charge in [0.05, 0.1) is 0 Å². The van der Waals surface area contributed by atoms with Crippen molar-refractivity contribution in [2.24, 2.45) is 0 Å². The van der Waals surface area contributed by atoms with Crippen molar-refractivity contribution >= 4 is 34.6 Å². The summed E-state index contributed by atoms with van der Waals surface area (Å²) in [6, 6.07) is 0. The van der Waals surface area contributed by atoms with Gasteiger partial charge in [0, 0.05) is 0 Å². The SMILES string of the molecule is O=C1C=CC(=O)C=C1.[Mg+2]. The molecule has 0 aromatic heterocycles. The second kappa shape index (κ2) is 3.58. The maximum atomic E-state index is 10.3. The van der Waals surface area contributed by atoms with Crippen LogP contribution in [0.25, 0.3) is 0 Å². The summed E-state index contributed by atoms with van der Waals surface area (Å²) in [5.41, 5.74) is 0. The molecule has 0 aromatic rings. The summed E-state index contributed by atoms with van der Waals surface area (Å²) in [5.74, 6) is -0.241. The fourth-order valence-corrected chi connectivity index (χ4v) is 0.440. The third-order valence-corrected chi connectivity index (χ3v) is 0.824. The Morgan fingerprint density at radius 2 is 1.00 bits per heavy atom. The first-order valence-corrected chi connectivity index (χ1v) is 2.23. The second-order valence-corrected chi connectivity index (χ2v) is 1.47. The Morgan fingerprint density at radius 1 is 0.778 bits per heavy atom. The van der Waals surface area contributed by atoms with E-state index in [0.717, 1.165) is 0 Å². The minimum atomic E-state index is -0.121. The zero-order valence-corrected chi connectivity index (χ0v) is 6.25. The van der Waals surface area contributed by atoms with Crippen LogP contribution in [-0.2, 0) is 9.59 Å². The van der Waals surface area contributed by atoms with Crippen molar-refractivity contribution in [2.45, 2.75) is 0 Å². The Hall–Kier alpha value is -0.414. The fourth-order valence-electron chi connectivity index (χ4n) is 0.440. The topological polar surface area (TPSA) is 34.1 Å². The molecular formula is C6H4MgO2+2. The maximum Gasteiger partial charge on any atom is 2.00 e. The van der Waals surface area contributed by atoms with Gasteiger partial charge in [-0.1, -0.05) is 0 Å². The van der Waals surface area contributed by atoms with Crippen LogP contribution < -0.4 is 0 Å². The maximum absolute atomic E-state index is 10.3. The fraction of sp³-hybridized carbons (Fsp3) is 0. The van der Waals surface area contributed by atoms with Crippen LogP contribution in [0.4, 0.5) is 0 Å². The zero-order chi connectivity index (χ0) is 5.98. The predicted octanol–water partition coefficient (Wildman–Crippen LogP) is -0.130. The van der Waals surface area contributed by atoms with Gasteiger partial charge in [0.25, 0.3) is 0 Å². The van der Waals surface area contributed by atoms with Crippen molar-refractivity contribution in [3.8, 4) is 0 Å². The molecule has 40 valence electrons. The monoisotopic (exact) mass is 132 g/mol. The number of allylic oxidation sites excluding steroid dienone is 4. The number of ketones is 2. The number of hydrogen-bond acceptors (Lipinski definition) is 2. The summed E-state index contributed by atoms with van der Waals surface area (Å²) in [5, 5.41) is 0. The van der Waals surface area contributed by atoms with Crippen LogP contribution in [0.1, 0.15) is 0 Å². The molecule has 0 unspecified atom stereocenters. The molecule has 0 saturated carbocycles. The van der Waals surface area contributed by atoms with Gasteiger partial charge in [-0.25, -0.2) is 0 Å². The summed E-state index contributed by atoms with van der Waals surface area (Å²) < 4.78 is 0. The minimum absolute atomic E-state index is 0. The van der Waals surface area contributed by atoms with E-state index < -0.39 is 0 Å². The Balaban J connectivity index is 0.000000640. The largest absolute Gasteiger partial charge is 2.00 e. The van der Waals surface area contributed by atoms with Crippen molar-refractivity contribution in [2.75, 3.05) is 0 Å². The summed E-state index contributed by atoms with van der Waals surface area (Å²) in [6.45, 7) is 0. The van der Waals surface area contributed by atoms with E-state index in [2.05, 4.69) is 0 Å². The van der Waals surface area contributed by atoms with Crippen molar-refractivity contribution < 1.29 is 9.59 Å². The van der Waals surface area contributed by atoms with Crippen molar-refractivity contribution in [1.82, 2.24) is 0 Å². The van der Waals surface area contributed by atoms with Gasteiger partial charge in [-0.2, -0.15) is 0 Å². The van der Waals surface area contributed by atoms with E-state index in [1.54, 1.807) is 0 Å². The number of rotatable bonds is 0. The van der Waals surface area contributed by atoms with Gasteiger partial charge in [0.2, 0.25) is 0 Å². The molecule has 1 rings (SSSR count). The second-order valence-electron chi connectivity index (χ2n) is 1.47. The Kier molecular flexibility index (Phi) is 3.42. The molecule has 0 atom stereocenters. The quantitative estimate of drug-likeness (QED) is 0.340. The molecule has 0 fully saturated rings. The molecule has 0 amide bonds. The summed E-state index contributed by atoms with van der Waals surface area (Å²) in [6.07, 6.45) is 5.01. The van der Waals surface area contributed by atoms with E-state index in [-0.39, 0.29) is 34.6 Å². The van der Waals surface area contributed by atoms with Crippen molar-refractivity contribution in [3.63, 3.8) is 0 Å². The van der Waals surface area contributed by atoms with E-state index in [1.165, 1.54) is 24.3 Å². The van der Waals surface area contributed by atoms with Gasteiger partial charge in [-0.3, -0.25) is 9.59 Å². The molecule has 0 spiro atoms. The molecule has 0 bridgehead atoms. The molecule has 0 aromatic carbocycles. The van der Waals surface area contributed by atoms with Crippen LogP contribution in [0.2, 0.25) is 0 Å². The third-order valence-electron chi connectivity index (χ3n) is 0.824. The molecule has 2 nitrogen and oxygen atoms in total. The van der Waals surface area contributed by atoms with Gasteiger partial charge < -0.3 is 0 Å². The van der Waals surface area contributed by atoms with E-state index in [4.69, 9.17) is 0 Å². The summed E-state index contributed by atoms with van der Waals surface area (Å²) in [7, 11) is 0. The standard InChI is InChI=1S/C6H4O2.Mg/c7-5-1-2-6(8)4-3-5;/h1-4H;/q;+2. The Labute approximate surface area is 68.8 Å². The molecule has 0 radical (unpaired) electrons. The van der Waals surface area contributed by atoms with Gasteiger partial charge in [0.15, 0.2) is 11.6 Å². The number of hydrogen-bond donors (Lipinski definition) is 0. The Bertz CT molecular complexity index is 153. The number of carbonyl (C=O) groups excluding carboxylic acids is 2. The van der Waals surface area contributed by atoms with Crippen LogP contribution in [0.15, 0.2) is 24.3 Å². The minimum Gasteiger partial charge on any atom is -0.290 e. The Morgan fingerprint density at radius 3 is 1.22 bits per heavy atom. The van der Waals surface area contributed by atoms with Crippen LogP contribution in [0.3, 0.4) is 0 Å². The average Bonchev–Trinajstić information content (AvgIpc) is 1.77. The zero-order valence-electron chi connectivity index (χ0n) is 4.83. The van der Waals surface area contributed by atoms with Crippen LogP contribution in [0.5, 0.6) is 0 Å². The molecule has 0 aliphatic heterocycles. The van der Waals surface area contributed by atoms with Crippen LogP contribution >= 0.6 is 0 Å². The van der Waals surface area contributed by atoms with Gasteiger partial charge in [0.1, 0.15) is 0 Å². The van der Waals surface area contributed by atoms with Crippen molar-refractivity contribution in [3.05, 3.63) is 24.3 Å². The van der Waals surface area contributed by atoms with Crippen LogP contribution in [-0.4, -0.2) is 34.6 Å². The smallest absolute Gasteiger partial charge is 0.290 e. The van der Waals surface area contributed by atoms with E-state index >= 15 is 0 Å². The first-order valence-electron chi connectivity index (χ1n) is 2.23. The summed E-state index contributed by atoms with van der Waals surface area (Å²) in [4.78, 5) is 20.6. The number of carbonyl (C=O) groups is 2. The van der Waals surface area contributed by atoms with Crippen LogP contribution in [0, 0.1) is 0 Å². The predicted molar refractivity (Wildman–Crippen MR) is 34.0 cm³/mol. The molecule has 1 aliphatic rings. The van der Waals surface area contributed by atoms with E-state index in [1.807, 2.05) is 0 Å². The molecule has 0 heterocycles. The van der Waals surface area contributed by atoms with E-state index in [0.29, 0.717) is 0 Å². The molecule has 1 aliphatic carbocycles. The molecular weight excluding hydrogens is 128 g/mol. The van der Waals surface area contributed by atoms with Gasteiger partial charge >= 0.3 is 23.1 Å². The van der Waals surface area contributed by atoms with Gasteiger partial charge in [-0.05, 0) is 24.3 Å².